The third-order valence-corrected chi connectivity index (χ3v) is 4.72. The number of hydrogen-bond acceptors (Lipinski definition) is 3. The lowest BCUT2D eigenvalue weighted by Crippen LogP contribution is -2.23. The van der Waals surface area contributed by atoms with Gasteiger partial charge in [0.15, 0.2) is 0 Å². The van der Waals surface area contributed by atoms with E-state index >= 15 is 0 Å². The maximum atomic E-state index is 6.07. The predicted octanol–water partition coefficient (Wildman–Crippen LogP) is 4.07. The maximum Gasteiger partial charge on any atom is 0.0931 e. The Labute approximate surface area is 130 Å². The number of aryl methyl sites for hydroxylation is 2. The summed E-state index contributed by atoms with van der Waals surface area (Å²) in [6.45, 7) is 8.28. The molecule has 1 atom stereocenters. The van der Waals surface area contributed by atoms with E-state index in [1.54, 1.807) is 11.3 Å². The Balaban J connectivity index is 2.21. The van der Waals surface area contributed by atoms with Crippen LogP contribution in [0, 0.1) is 0 Å². The van der Waals surface area contributed by atoms with Gasteiger partial charge in [-0.25, -0.2) is 0 Å². The van der Waals surface area contributed by atoms with Crippen molar-refractivity contribution < 1.29 is 0 Å². The van der Waals surface area contributed by atoms with Gasteiger partial charge < -0.3 is 5.32 Å². The molecule has 0 saturated carbocycles. The minimum Gasteiger partial charge on any atom is -0.309 e. The standard InChI is InChI=1S/C15H22ClN3S/c1-4-11-9-12(19(6-3)18-11)10-13(17-5-2)14-7-8-15(16)20-14/h7-9,13,17H,4-6,10H2,1-3H3. The first-order chi connectivity index (χ1) is 9.67. The SMILES string of the molecule is CCNC(Cc1cc(CC)nn1CC)c1ccc(Cl)s1. The molecule has 0 aliphatic carbocycles. The lowest BCUT2D eigenvalue weighted by Gasteiger charge is -2.16. The Morgan fingerprint density at radius 3 is 2.70 bits per heavy atom. The van der Waals surface area contributed by atoms with Gasteiger partial charge in [-0.1, -0.05) is 25.4 Å². The van der Waals surface area contributed by atoms with Gasteiger partial charge in [0.05, 0.1) is 10.0 Å². The zero-order valence-electron chi connectivity index (χ0n) is 12.3. The van der Waals surface area contributed by atoms with E-state index in [0.717, 1.165) is 30.3 Å². The van der Waals surface area contributed by atoms with Gasteiger partial charge in [0.25, 0.3) is 0 Å². The molecule has 0 radical (unpaired) electrons. The zero-order valence-corrected chi connectivity index (χ0v) is 13.9. The van der Waals surface area contributed by atoms with Gasteiger partial charge in [-0.3, -0.25) is 4.68 Å². The predicted molar refractivity (Wildman–Crippen MR) is 86.7 cm³/mol. The highest BCUT2D eigenvalue weighted by Crippen LogP contribution is 2.29. The van der Waals surface area contributed by atoms with Gasteiger partial charge in [-0.2, -0.15) is 5.10 Å². The smallest absolute Gasteiger partial charge is 0.0931 e. The molecule has 0 aliphatic rings. The molecule has 2 aromatic heterocycles. The van der Waals surface area contributed by atoms with Gasteiger partial charge in [0.2, 0.25) is 0 Å². The molecule has 2 heterocycles. The van der Waals surface area contributed by atoms with Crippen LogP contribution in [0.2, 0.25) is 4.34 Å². The summed E-state index contributed by atoms with van der Waals surface area (Å²) in [5.74, 6) is 0. The maximum absolute atomic E-state index is 6.07. The third kappa shape index (κ3) is 3.62. The Kier molecular flexibility index (Phi) is 5.64. The van der Waals surface area contributed by atoms with Gasteiger partial charge >= 0.3 is 0 Å². The molecule has 2 rings (SSSR count). The van der Waals surface area contributed by atoms with Crippen LogP contribution in [-0.4, -0.2) is 16.3 Å². The summed E-state index contributed by atoms with van der Waals surface area (Å²) in [5.41, 5.74) is 2.46. The number of halogens is 1. The van der Waals surface area contributed by atoms with Crippen LogP contribution in [0.3, 0.4) is 0 Å². The van der Waals surface area contributed by atoms with Crippen LogP contribution in [0.1, 0.15) is 43.1 Å². The Hall–Kier alpha value is -0.840. The van der Waals surface area contributed by atoms with Crippen LogP contribution in [0.15, 0.2) is 18.2 Å². The summed E-state index contributed by atoms with van der Waals surface area (Å²) in [7, 11) is 0. The van der Waals surface area contributed by atoms with Crippen molar-refractivity contribution in [2.24, 2.45) is 0 Å². The van der Waals surface area contributed by atoms with E-state index in [9.17, 15) is 0 Å². The second-order valence-electron chi connectivity index (χ2n) is 4.75. The van der Waals surface area contributed by atoms with E-state index in [4.69, 9.17) is 11.6 Å². The average Bonchev–Trinajstić information content (AvgIpc) is 3.04. The molecular weight excluding hydrogens is 290 g/mol. The summed E-state index contributed by atoms with van der Waals surface area (Å²) in [6.07, 6.45) is 1.93. The second kappa shape index (κ2) is 7.25. The van der Waals surface area contributed by atoms with Gasteiger partial charge in [-0.05, 0) is 38.1 Å². The fourth-order valence-electron chi connectivity index (χ4n) is 2.37. The molecule has 1 unspecified atom stereocenters. The number of nitrogens with zero attached hydrogens (tertiary/aromatic N) is 2. The first kappa shape index (κ1) is 15.5. The van der Waals surface area contributed by atoms with E-state index in [-0.39, 0.29) is 0 Å². The minimum absolute atomic E-state index is 0.309. The van der Waals surface area contributed by atoms with E-state index in [1.165, 1.54) is 16.3 Å². The number of likely N-dealkylation sites (N-methyl/N-ethyl adjacent to an activating group) is 1. The fraction of sp³-hybridized carbons (Fsp3) is 0.533. The van der Waals surface area contributed by atoms with E-state index in [0.29, 0.717) is 6.04 Å². The summed E-state index contributed by atoms with van der Waals surface area (Å²) in [5, 5.41) is 8.18. The second-order valence-corrected chi connectivity index (χ2v) is 6.50. The molecular formula is C15H22ClN3S. The molecule has 1 N–H and O–H groups in total. The zero-order chi connectivity index (χ0) is 14.5. The summed E-state index contributed by atoms with van der Waals surface area (Å²) < 4.78 is 2.96. The lowest BCUT2D eigenvalue weighted by molar-refractivity contribution is 0.522. The van der Waals surface area contributed by atoms with Crippen molar-refractivity contribution in [1.82, 2.24) is 15.1 Å². The summed E-state index contributed by atoms with van der Waals surface area (Å²) in [4.78, 5) is 1.29. The van der Waals surface area contributed by atoms with Crippen molar-refractivity contribution in [3.8, 4) is 0 Å². The van der Waals surface area contributed by atoms with Crippen LogP contribution in [0.5, 0.6) is 0 Å². The highest BCUT2D eigenvalue weighted by Gasteiger charge is 2.16. The molecule has 0 fully saturated rings. The number of nitrogens with one attached hydrogen (secondary N) is 1. The number of aromatic nitrogens is 2. The van der Waals surface area contributed by atoms with Crippen LogP contribution >= 0.6 is 22.9 Å². The minimum atomic E-state index is 0.309. The van der Waals surface area contributed by atoms with E-state index in [2.05, 4.69) is 48.0 Å². The Bertz CT molecular complexity index is 547. The molecule has 0 amide bonds. The molecule has 0 spiro atoms. The molecule has 5 heteroatoms. The van der Waals surface area contributed by atoms with E-state index < -0.39 is 0 Å². The van der Waals surface area contributed by atoms with Crippen LogP contribution in [0.4, 0.5) is 0 Å². The molecule has 20 heavy (non-hydrogen) atoms. The van der Waals surface area contributed by atoms with Crippen molar-refractivity contribution in [3.63, 3.8) is 0 Å². The topological polar surface area (TPSA) is 29.9 Å². The van der Waals surface area contributed by atoms with Gasteiger partial charge in [0.1, 0.15) is 0 Å². The van der Waals surface area contributed by atoms with Gasteiger partial charge in [0, 0.05) is 29.6 Å². The average molecular weight is 312 g/mol. The quantitative estimate of drug-likeness (QED) is 0.835. The normalized spacial score (nSPS) is 12.8. The summed E-state index contributed by atoms with van der Waals surface area (Å²) in [6, 6.07) is 6.63. The number of thiophene rings is 1. The number of rotatable bonds is 7. The highest BCUT2D eigenvalue weighted by molar-refractivity contribution is 7.16. The highest BCUT2D eigenvalue weighted by atomic mass is 35.5. The fourth-order valence-corrected chi connectivity index (χ4v) is 3.51. The van der Waals surface area contributed by atoms with Crippen molar-refractivity contribution in [2.75, 3.05) is 6.54 Å². The Morgan fingerprint density at radius 1 is 1.35 bits per heavy atom. The molecule has 0 bridgehead atoms. The van der Waals surface area contributed by atoms with Crippen molar-refractivity contribution in [2.45, 2.75) is 46.2 Å². The molecule has 0 aromatic carbocycles. The summed E-state index contributed by atoms with van der Waals surface area (Å²) >= 11 is 7.72. The first-order valence-electron chi connectivity index (χ1n) is 7.22. The Morgan fingerprint density at radius 2 is 2.15 bits per heavy atom. The molecule has 0 saturated heterocycles. The largest absolute Gasteiger partial charge is 0.309 e. The number of hydrogen-bond donors (Lipinski definition) is 1. The molecule has 110 valence electrons. The van der Waals surface area contributed by atoms with Crippen molar-refractivity contribution in [1.29, 1.82) is 0 Å². The van der Waals surface area contributed by atoms with Crippen LogP contribution in [0.25, 0.3) is 0 Å². The molecule has 0 aliphatic heterocycles. The molecule has 3 nitrogen and oxygen atoms in total. The monoisotopic (exact) mass is 311 g/mol. The lowest BCUT2D eigenvalue weighted by atomic mass is 10.1. The van der Waals surface area contributed by atoms with Crippen molar-refractivity contribution >= 4 is 22.9 Å². The van der Waals surface area contributed by atoms with Crippen molar-refractivity contribution in [3.05, 3.63) is 38.8 Å². The third-order valence-electron chi connectivity index (χ3n) is 3.38. The van der Waals surface area contributed by atoms with E-state index in [1.807, 2.05) is 6.07 Å². The van der Waals surface area contributed by atoms with Gasteiger partial charge in [-0.15, -0.1) is 11.3 Å². The first-order valence-corrected chi connectivity index (χ1v) is 8.41. The van der Waals surface area contributed by atoms with Crippen LogP contribution < -0.4 is 5.32 Å². The molecule has 2 aromatic rings. The van der Waals surface area contributed by atoms with Crippen LogP contribution in [-0.2, 0) is 19.4 Å².